The molecule has 0 N–H and O–H groups in total. The Hall–Kier alpha value is -18.5. The summed E-state index contributed by atoms with van der Waals surface area (Å²) < 4.78 is 39.9. The number of anilines is 15. The molecule has 0 bridgehead atoms. The molecule has 32 rings (SSSR count). The van der Waals surface area contributed by atoms with Crippen LogP contribution in [0, 0.1) is 0 Å². The van der Waals surface area contributed by atoms with E-state index in [4.69, 9.17) is 22.4 Å². The molecule has 149 heavy (non-hydrogen) atoms. The van der Waals surface area contributed by atoms with E-state index in [1.165, 1.54) is 36.0 Å². The first-order valence-electron chi connectivity index (χ1n) is 48.9. The molecule has 0 saturated carbocycles. The van der Waals surface area contributed by atoms with Gasteiger partial charge in [-0.2, -0.15) is 0 Å². The molecule has 3 aliphatic rings. The average Bonchev–Trinajstić information content (AvgIpc) is 1.69. The van der Waals surface area contributed by atoms with E-state index < -0.39 is 0 Å². The summed E-state index contributed by atoms with van der Waals surface area (Å²) in [5.41, 5.74) is 21.5. The third kappa shape index (κ3) is 14.3. The lowest BCUT2D eigenvalue weighted by Gasteiger charge is -2.40. The highest BCUT2D eigenvalue weighted by molar-refractivity contribution is 7.99. The summed E-state index contributed by atoms with van der Waals surface area (Å²) in [6, 6.07) is 153. The smallest absolute Gasteiger partial charge is 0.200 e. The zero-order chi connectivity index (χ0) is 98.7. The normalized spacial score (nSPS) is 12.5. The largest absolute Gasteiger partial charge is 0.456 e. The van der Waals surface area contributed by atoms with E-state index in [9.17, 15) is 19.2 Å². The van der Waals surface area contributed by atoms with E-state index in [0.717, 1.165) is 151 Å². The molecule has 11 heterocycles. The minimum Gasteiger partial charge on any atom is -0.456 e. The van der Waals surface area contributed by atoms with E-state index in [0.29, 0.717) is 87.8 Å². The number of hydrogen-bond acceptors (Lipinski definition) is 19. The van der Waals surface area contributed by atoms with Crippen molar-refractivity contribution in [2.75, 3.05) is 24.5 Å². The van der Waals surface area contributed by atoms with Gasteiger partial charge in [0.25, 0.3) is 0 Å². The van der Waals surface area contributed by atoms with Gasteiger partial charge in [-0.05, 0) is 231 Å². The van der Waals surface area contributed by atoms with Crippen LogP contribution in [0.3, 0.4) is 0 Å². The van der Waals surface area contributed by atoms with Crippen LogP contribution in [0.1, 0.15) is 0 Å². The maximum atomic E-state index is 13.4. The number of rotatable bonds is 7. The summed E-state index contributed by atoms with van der Waals surface area (Å²) in [6.45, 7) is 0. The zero-order valence-corrected chi connectivity index (χ0v) is 82.8. The quantitative estimate of drug-likeness (QED) is 0.139. The second-order valence-electron chi connectivity index (χ2n) is 36.8. The Morgan fingerprint density at radius 1 is 0.188 bits per heavy atom. The van der Waals surface area contributed by atoms with Gasteiger partial charge in [-0.3, -0.25) is 19.2 Å². The molecule has 0 atom stereocenters. The van der Waals surface area contributed by atoms with Gasteiger partial charge in [0, 0.05) is 88.7 Å². The van der Waals surface area contributed by atoms with Crippen LogP contribution in [0.25, 0.3) is 168 Å². The van der Waals surface area contributed by atoms with Gasteiger partial charge in [0.15, 0.2) is 11.5 Å². The summed E-state index contributed by atoms with van der Waals surface area (Å²) in [5, 5.41) is 13.9. The van der Waals surface area contributed by atoms with Gasteiger partial charge in [0.1, 0.15) is 44.7 Å². The van der Waals surface area contributed by atoms with E-state index in [1.54, 1.807) is 45.3 Å². The minimum absolute atomic E-state index is 0.00228. The van der Waals surface area contributed by atoms with Crippen molar-refractivity contribution >= 4 is 311 Å². The van der Waals surface area contributed by atoms with Crippen molar-refractivity contribution in [2.24, 2.45) is 0 Å². The number of ether oxygens (including phenoxy) is 1. The summed E-state index contributed by atoms with van der Waals surface area (Å²) in [5.74, 6) is 1.64. The second kappa shape index (κ2) is 35.2. The fraction of sp³-hybridized carbons (Fsp3) is 0. The van der Waals surface area contributed by atoms with Crippen molar-refractivity contribution < 1.29 is 22.4 Å². The molecule has 0 saturated heterocycles. The first-order valence-corrected chi connectivity index (χ1v) is 52.9. The lowest BCUT2D eigenvalue weighted by Crippen LogP contribution is -2.23. The average molecular weight is 2010 g/mol. The summed E-state index contributed by atoms with van der Waals surface area (Å²) in [4.78, 5) is 67.3. The van der Waals surface area contributed by atoms with Crippen LogP contribution >= 0.6 is 57.1 Å². The van der Waals surface area contributed by atoms with Crippen LogP contribution in [0.2, 0.25) is 0 Å². The van der Waals surface area contributed by atoms with Crippen LogP contribution in [0.5, 0.6) is 11.5 Å². The van der Waals surface area contributed by atoms with Crippen LogP contribution in [0.4, 0.5) is 85.3 Å². The number of benzene rings is 21. The highest BCUT2D eigenvalue weighted by atomic mass is 32.2. The van der Waals surface area contributed by atoms with Crippen molar-refractivity contribution in [3.63, 3.8) is 0 Å². The maximum Gasteiger partial charge on any atom is 0.200 e. The van der Waals surface area contributed by atoms with Gasteiger partial charge in [0.2, 0.25) is 21.7 Å². The standard InChI is InChI=1S/C37H22N2O2S.C31H17NO3S.C31H17NO2S2.C31H19NO2S/c40-36-25-13-4-9-20-33(25)41-34-21-26-24-14-10-19-32(37(24)42-35(26)22-27(34)36)39-30-17-7-5-15-28(30)38(23-11-2-1-3-12-23)29-16-6-8-18-31(29)39;33-30-19-8-1-4-13-25(19)34-28-16-20-18-9-7-12-24(31(18)36-29(20)17-21(28)30)32-22-10-2-5-14-26(22)35-27-15-6-3-11-23(27)32;33-30-19-8-1-4-13-25(19)34-26-16-20-18-9-7-12-24(31(18)36-29(20)17-21(26)30)32-22-10-2-5-14-27(22)35-28-15-6-3-11-23(28)32;33-30-23-14-7-8-17-27(23)34-28-18-24-22-15-9-16-26(31(22)35-29(24)19-25(28)30)32(20-10-3-1-4-11-20)21-12-5-2-6-13-21/h1-22H;2*1-17H;1-19H. The van der Waals surface area contributed by atoms with E-state index in [2.05, 4.69) is 285 Å². The third-order valence-corrected chi connectivity index (χ3v) is 34.2. The zero-order valence-electron chi connectivity index (χ0n) is 78.8. The third-order valence-electron chi connectivity index (χ3n) is 28.3. The molecule has 0 amide bonds. The van der Waals surface area contributed by atoms with E-state index in [-0.39, 0.29) is 21.7 Å². The number of para-hydroxylation sites is 17. The molecule has 19 heteroatoms. The molecule has 21 aromatic carbocycles. The molecule has 704 valence electrons. The van der Waals surface area contributed by atoms with Gasteiger partial charge in [0.05, 0.1) is 130 Å². The molecule has 0 aliphatic carbocycles. The van der Waals surface area contributed by atoms with E-state index >= 15 is 0 Å². The van der Waals surface area contributed by atoms with Crippen molar-refractivity contribution in [1.29, 1.82) is 0 Å². The van der Waals surface area contributed by atoms with Crippen LogP contribution in [-0.2, 0) is 0 Å². The molecule has 0 radical (unpaired) electrons. The van der Waals surface area contributed by atoms with Gasteiger partial charge in [-0.25, -0.2) is 0 Å². The molecular weight excluding hydrogens is 1940 g/mol. The summed E-state index contributed by atoms with van der Waals surface area (Å²) >= 11 is 8.67. The molecule has 14 nitrogen and oxygen atoms in total. The fourth-order valence-electron chi connectivity index (χ4n) is 21.6. The van der Waals surface area contributed by atoms with Gasteiger partial charge in [-0.15, -0.1) is 45.3 Å². The Bertz CT molecular complexity index is 10400. The topological polar surface area (TPSA) is 146 Å². The van der Waals surface area contributed by atoms with Crippen molar-refractivity contribution in [3.8, 4) is 11.5 Å². The predicted molar refractivity (Wildman–Crippen MR) is 623 cm³/mol. The van der Waals surface area contributed by atoms with E-state index in [1.807, 2.05) is 206 Å². The number of thiophene rings is 4. The minimum atomic E-state index is 0.00228. The molecule has 8 aromatic heterocycles. The summed E-state index contributed by atoms with van der Waals surface area (Å²) in [7, 11) is 0. The van der Waals surface area contributed by atoms with Gasteiger partial charge < -0.3 is 46.9 Å². The Labute approximate surface area is 867 Å². The fourth-order valence-corrected chi connectivity index (χ4v) is 27.6. The number of fused-ring (bicyclic) bond motifs is 26. The number of nitrogens with zero attached hydrogens (tertiary/aromatic N) is 5. The summed E-state index contributed by atoms with van der Waals surface area (Å²) in [6.07, 6.45) is 0. The molecule has 29 aromatic rings. The number of hydrogen-bond donors (Lipinski definition) is 0. The first-order chi connectivity index (χ1) is 73.6. The lowest BCUT2D eigenvalue weighted by atomic mass is 10.0. The first kappa shape index (κ1) is 87.1. The van der Waals surface area contributed by atoms with Crippen LogP contribution in [0.15, 0.2) is 502 Å². The van der Waals surface area contributed by atoms with Crippen molar-refractivity contribution in [2.45, 2.75) is 9.79 Å². The highest BCUT2D eigenvalue weighted by Crippen LogP contribution is 2.60. The SMILES string of the molecule is O=c1c2ccccc2oc2cc3c(cc12)sc1c(N(c2ccccc2)c2ccccc2)cccc13.O=c1c2ccccc2oc2cc3c(cc12)sc1c(N2c4ccccc4N(c4ccccc4)c4ccccc42)cccc13.O=c1c2ccccc2oc2cc3c(cc12)sc1c(N2c4ccccc4Oc4ccccc42)cccc13.O=c1c2ccccc2oc2cc3c(cc12)sc1c(N2c4ccccc4Sc4ccccc42)cccc13. The molecular formula is C130H75N5O9S5. The Morgan fingerprint density at radius 2 is 0.450 bits per heavy atom. The Kier molecular flexibility index (Phi) is 20.6. The second-order valence-corrected chi connectivity index (χ2v) is 42.1. The molecule has 3 aliphatic heterocycles. The maximum absolute atomic E-state index is 13.4. The molecule has 0 unspecified atom stereocenters. The van der Waals surface area contributed by atoms with Crippen molar-refractivity contribution in [1.82, 2.24) is 0 Å². The van der Waals surface area contributed by atoms with Crippen molar-refractivity contribution in [3.05, 3.63) is 496 Å². The molecule has 0 spiro atoms. The predicted octanol–water partition coefficient (Wildman–Crippen LogP) is 37.5. The lowest BCUT2D eigenvalue weighted by molar-refractivity contribution is 0.477. The Balaban J connectivity index is 0.0000000937. The molecule has 0 fully saturated rings. The Morgan fingerprint density at radius 3 is 0.819 bits per heavy atom. The van der Waals surface area contributed by atoms with Gasteiger partial charge >= 0.3 is 0 Å². The van der Waals surface area contributed by atoms with Crippen LogP contribution < -0.4 is 51.0 Å². The highest BCUT2D eigenvalue weighted by Gasteiger charge is 2.35. The monoisotopic (exact) mass is 2010 g/mol. The van der Waals surface area contributed by atoms with Gasteiger partial charge in [-0.1, -0.05) is 236 Å². The van der Waals surface area contributed by atoms with Crippen LogP contribution in [-0.4, -0.2) is 0 Å².